The number of rotatable bonds is 30. The van der Waals surface area contributed by atoms with Gasteiger partial charge in [-0.15, -0.1) is 0 Å². The van der Waals surface area contributed by atoms with Crippen molar-refractivity contribution in [3.8, 4) is 17.2 Å². The van der Waals surface area contributed by atoms with Gasteiger partial charge in [-0.2, -0.15) is 0 Å². The van der Waals surface area contributed by atoms with E-state index in [0.717, 1.165) is 38.5 Å². The van der Waals surface area contributed by atoms with Gasteiger partial charge in [-0.1, -0.05) is 117 Å². The zero-order valence-electron chi connectivity index (χ0n) is 33.2. The van der Waals surface area contributed by atoms with Gasteiger partial charge in [-0.25, -0.2) is 4.98 Å². The standard InChI is InChI=1S/C44H63NO10/c1-3-5-7-9-11-13-15-17-19-23-41(49)52-32-36(54-42(50)24-20-18-16-14-12-10-8-6-4-2)29-33-28-34(46)30-39-44(33)45-37-27-26-35(31-38(37)55-39)53-43(51)25-21-22-40(47)48/h26-28,30-31,36H,3-25,29,32H2,1-2H3,(H,47,48)/p-1. The summed E-state index contributed by atoms with van der Waals surface area (Å²) >= 11 is 0. The molecule has 0 saturated heterocycles. The fourth-order valence-corrected chi connectivity index (χ4v) is 6.57. The lowest BCUT2D eigenvalue weighted by Gasteiger charge is -2.20. The lowest BCUT2D eigenvalue weighted by Crippen LogP contribution is -2.28. The average Bonchev–Trinajstić information content (AvgIpc) is 3.14. The molecular formula is C44H62NO10-. The number of carboxylic acids is 1. The highest BCUT2D eigenvalue weighted by Gasteiger charge is 2.23. The predicted molar refractivity (Wildman–Crippen MR) is 210 cm³/mol. The molecule has 0 aromatic heterocycles. The topological polar surface area (TPSA) is 162 Å². The van der Waals surface area contributed by atoms with Crippen LogP contribution in [0.3, 0.4) is 0 Å². The first-order valence-corrected chi connectivity index (χ1v) is 20.8. The van der Waals surface area contributed by atoms with Crippen LogP contribution in [0.5, 0.6) is 5.75 Å². The molecule has 55 heavy (non-hydrogen) atoms. The molecule has 11 heteroatoms. The molecular weight excluding hydrogens is 702 g/mol. The SMILES string of the molecule is CCCCCCCCCCCC(=O)OCC(Cc1cc(=O)cc2oc3cc(OC(=O)CCCC(=O)[O-])ccc3nc1-2)OC(=O)CCCCCCCCCCC. The number of carboxylic acid groups (broad SMARTS) is 1. The molecule has 1 aliphatic heterocycles. The van der Waals surface area contributed by atoms with Crippen molar-refractivity contribution < 1.29 is 42.9 Å². The molecule has 0 amide bonds. The summed E-state index contributed by atoms with van der Waals surface area (Å²) in [6.45, 7) is 4.27. The number of hydrogen-bond donors (Lipinski definition) is 0. The lowest BCUT2D eigenvalue weighted by atomic mass is 10.0. The molecule has 11 nitrogen and oxygen atoms in total. The number of aliphatic carboxylic acids is 1. The van der Waals surface area contributed by atoms with Gasteiger partial charge in [0.25, 0.3) is 0 Å². The Hall–Kier alpha value is -4.28. The van der Waals surface area contributed by atoms with E-state index in [0.29, 0.717) is 23.2 Å². The highest BCUT2D eigenvalue weighted by molar-refractivity contribution is 5.80. The van der Waals surface area contributed by atoms with Crippen molar-refractivity contribution in [1.29, 1.82) is 0 Å². The molecule has 1 aromatic rings. The monoisotopic (exact) mass is 764 g/mol. The number of fused-ring (bicyclic) bond motifs is 2. The van der Waals surface area contributed by atoms with E-state index in [9.17, 15) is 29.1 Å². The van der Waals surface area contributed by atoms with E-state index >= 15 is 0 Å². The Morgan fingerprint density at radius 3 is 1.84 bits per heavy atom. The van der Waals surface area contributed by atoms with Crippen LogP contribution in [0, 0.1) is 0 Å². The van der Waals surface area contributed by atoms with Crippen LogP contribution in [0.4, 0.5) is 0 Å². The maximum absolute atomic E-state index is 13.0. The van der Waals surface area contributed by atoms with E-state index in [1.54, 1.807) is 12.1 Å². The number of hydrogen-bond acceptors (Lipinski definition) is 11. The van der Waals surface area contributed by atoms with Crippen LogP contribution < -0.4 is 15.3 Å². The van der Waals surface area contributed by atoms with Crippen molar-refractivity contribution in [2.45, 2.75) is 174 Å². The van der Waals surface area contributed by atoms with Crippen molar-refractivity contribution in [3.05, 3.63) is 46.1 Å². The summed E-state index contributed by atoms with van der Waals surface area (Å²) in [6, 6.07) is 7.34. The van der Waals surface area contributed by atoms with Gasteiger partial charge in [0, 0.05) is 43.8 Å². The predicted octanol–water partition coefficient (Wildman–Crippen LogP) is 8.96. The summed E-state index contributed by atoms with van der Waals surface area (Å²) in [5.74, 6) is -2.20. The molecule has 0 fully saturated rings. The van der Waals surface area contributed by atoms with Gasteiger partial charge >= 0.3 is 17.9 Å². The molecule has 1 aromatic carbocycles. The second-order valence-corrected chi connectivity index (χ2v) is 14.6. The molecule has 1 heterocycles. The first kappa shape index (κ1) is 45.1. The van der Waals surface area contributed by atoms with Gasteiger partial charge in [0.1, 0.15) is 29.7 Å². The first-order valence-electron chi connectivity index (χ1n) is 20.8. The minimum atomic E-state index is -1.24. The molecule has 1 unspecified atom stereocenters. The van der Waals surface area contributed by atoms with Crippen molar-refractivity contribution in [1.82, 2.24) is 4.98 Å². The van der Waals surface area contributed by atoms with Gasteiger partial charge in [0.05, 0.1) is 0 Å². The van der Waals surface area contributed by atoms with Crippen molar-refractivity contribution in [3.63, 3.8) is 0 Å². The van der Waals surface area contributed by atoms with E-state index in [4.69, 9.17) is 23.6 Å². The molecule has 3 rings (SSSR count). The van der Waals surface area contributed by atoms with Crippen LogP contribution in [0.15, 0.2) is 39.5 Å². The molecule has 2 aliphatic rings. The third-order valence-corrected chi connectivity index (χ3v) is 9.65. The molecule has 0 spiro atoms. The Morgan fingerprint density at radius 2 is 1.24 bits per heavy atom. The van der Waals surface area contributed by atoms with Gasteiger partial charge in [-0.3, -0.25) is 19.2 Å². The lowest BCUT2D eigenvalue weighted by molar-refractivity contribution is -0.305. The van der Waals surface area contributed by atoms with Crippen molar-refractivity contribution in [2.24, 2.45) is 0 Å². The Kier molecular flexibility index (Phi) is 21.7. The number of esters is 3. The van der Waals surface area contributed by atoms with Crippen LogP contribution in [-0.4, -0.2) is 41.6 Å². The molecule has 1 atom stereocenters. The van der Waals surface area contributed by atoms with E-state index in [2.05, 4.69) is 13.8 Å². The van der Waals surface area contributed by atoms with Crippen LogP contribution in [-0.2, 0) is 35.1 Å². The van der Waals surface area contributed by atoms with E-state index in [1.807, 2.05) is 0 Å². The van der Waals surface area contributed by atoms with E-state index in [-0.39, 0.29) is 79.6 Å². The number of ether oxygens (including phenoxy) is 3. The Labute approximate surface area is 326 Å². The molecule has 0 bridgehead atoms. The van der Waals surface area contributed by atoms with Crippen LogP contribution in [0.1, 0.15) is 167 Å². The zero-order valence-corrected chi connectivity index (χ0v) is 33.2. The van der Waals surface area contributed by atoms with Crippen molar-refractivity contribution in [2.75, 3.05) is 6.61 Å². The van der Waals surface area contributed by atoms with Gasteiger partial charge in [0.2, 0.25) is 0 Å². The molecule has 1 aliphatic carbocycles. The summed E-state index contributed by atoms with van der Waals surface area (Å²) in [6.07, 6.45) is 19.9. The number of carbonyl (C=O) groups excluding carboxylic acids is 4. The van der Waals surface area contributed by atoms with Crippen LogP contribution in [0.25, 0.3) is 22.6 Å². The highest BCUT2D eigenvalue weighted by Crippen LogP contribution is 2.30. The molecule has 0 radical (unpaired) electrons. The van der Waals surface area contributed by atoms with Gasteiger partial charge in [-0.05, 0) is 49.4 Å². The number of unbranched alkanes of at least 4 members (excludes halogenated alkanes) is 16. The molecule has 0 saturated carbocycles. The fraction of sp³-hybridized carbons (Fsp3) is 0.636. The summed E-state index contributed by atoms with van der Waals surface area (Å²) < 4.78 is 22.9. The van der Waals surface area contributed by atoms with Gasteiger partial charge < -0.3 is 28.5 Å². The zero-order chi connectivity index (χ0) is 39.7. The second-order valence-electron chi connectivity index (χ2n) is 14.6. The van der Waals surface area contributed by atoms with E-state index in [1.165, 1.54) is 88.8 Å². The third kappa shape index (κ3) is 18.7. The van der Waals surface area contributed by atoms with E-state index < -0.39 is 18.0 Å². The third-order valence-electron chi connectivity index (χ3n) is 9.65. The van der Waals surface area contributed by atoms with Crippen molar-refractivity contribution >= 4 is 35.0 Å². The molecule has 0 N–H and O–H groups in total. The molecule has 304 valence electrons. The summed E-state index contributed by atoms with van der Waals surface area (Å²) in [5, 5.41) is 10.6. The quantitative estimate of drug-likeness (QED) is 0.0276. The fourth-order valence-electron chi connectivity index (χ4n) is 6.57. The summed E-state index contributed by atoms with van der Waals surface area (Å²) in [4.78, 5) is 66.2. The number of benzene rings is 2. The minimum absolute atomic E-state index is 0.0803. The van der Waals surface area contributed by atoms with Gasteiger partial charge in [0.15, 0.2) is 16.8 Å². The van der Waals surface area contributed by atoms with Crippen LogP contribution in [0.2, 0.25) is 0 Å². The largest absolute Gasteiger partial charge is 0.550 e. The Morgan fingerprint density at radius 1 is 0.673 bits per heavy atom. The summed E-state index contributed by atoms with van der Waals surface area (Å²) in [5.41, 5.74) is 1.21. The minimum Gasteiger partial charge on any atom is -0.550 e. The van der Waals surface area contributed by atoms with Crippen LogP contribution >= 0.6 is 0 Å². The first-order chi connectivity index (χ1) is 26.7. The second kappa shape index (κ2) is 26.5. The summed E-state index contributed by atoms with van der Waals surface area (Å²) in [7, 11) is 0. The Balaban J connectivity index is 1.65. The Bertz CT molecular complexity index is 1630. The highest BCUT2D eigenvalue weighted by atomic mass is 16.6. The average molecular weight is 765 g/mol. The maximum Gasteiger partial charge on any atom is 0.311 e. The smallest absolute Gasteiger partial charge is 0.311 e. The maximum atomic E-state index is 13.0. The normalized spacial score (nSPS) is 11.8. The number of carbonyl (C=O) groups is 4. The number of aromatic nitrogens is 1. The number of nitrogens with zero attached hydrogens (tertiary/aromatic N) is 1.